The van der Waals surface area contributed by atoms with Gasteiger partial charge in [0.1, 0.15) is 11.5 Å². The van der Waals surface area contributed by atoms with Crippen molar-refractivity contribution >= 4 is 44.4 Å². The average Bonchev–Trinajstić information content (AvgIpc) is 3.45. The van der Waals surface area contributed by atoms with E-state index in [-0.39, 0.29) is 12.0 Å². The maximum Gasteiger partial charge on any atom is 0.260 e. The summed E-state index contributed by atoms with van der Waals surface area (Å²) < 4.78 is 17.6. The number of nitrogens with zero attached hydrogens (tertiary/aromatic N) is 2. The second-order valence-corrected chi connectivity index (χ2v) is 8.81. The summed E-state index contributed by atoms with van der Waals surface area (Å²) >= 11 is 3.18. The minimum atomic E-state index is -0.146. The number of rotatable bonds is 7. The number of fused-ring (bicyclic) bond motifs is 1. The fraction of sp³-hybridized carbons (Fsp3) is 0.364. The molecule has 6 nitrogen and oxygen atoms in total. The Balaban J connectivity index is 1.75. The minimum Gasteiger partial charge on any atom is -0.497 e. The summed E-state index contributed by atoms with van der Waals surface area (Å²) in [6.07, 6.45) is 3.99. The molecular weight excluding hydrogens is 420 g/mol. The SMILES string of the molecule is COc1cc(OC)cc(C(=O)N(CC2CCCO2)c2nc3c(SC)cccc3s2)c1. The van der Waals surface area contributed by atoms with E-state index in [1.165, 1.54) is 11.3 Å². The van der Waals surface area contributed by atoms with Crippen molar-refractivity contribution < 1.29 is 19.0 Å². The summed E-state index contributed by atoms with van der Waals surface area (Å²) in [4.78, 5) is 21.3. The van der Waals surface area contributed by atoms with E-state index in [0.29, 0.717) is 28.7 Å². The summed E-state index contributed by atoms with van der Waals surface area (Å²) in [6, 6.07) is 11.3. The number of thiazole rings is 1. The third-order valence-corrected chi connectivity index (χ3v) is 6.89. The highest BCUT2D eigenvalue weighted by Crippen LogP contribution is 2.35. The normalized spacial score (nSPS) is 16.0. The third kappa shape index (κ3) is 4.26. The number of hydrogen-bond acceptors (Lipinski definition) is 7. The molecule has 1 saturated heterocycles. The van der Waals surface area contributed by atoms with E-state index in [4.69, 9.17) is 19.2 Å². The molecule has 2 aromatic carbocycles. The van der Waals surface area contributed by atoms with Gasteiger partial charge >= 0.3 is 0 Å². The van der Waals surface area contributed by atoms with Gasteiger partial charge in [0.25, 0.3) is 5.91 Å². The van der Waals surface area contributed by atoms with Crippen LogP contribution < -0.4 is 14.4 Å². The van der Waals surface area contributed by atoms with Gasteiger partial charge in [-0.1, -0.05) is 17.4 Å². The van der Waals surface area contributed by atoms with Gasteiger partial charge < -0.3 is 14.2 Å². The van der Waals surface area contributed by atoms with E-state index in [2.05, 4.69) is 6.07 Å². The number of methoxy groups -OCH3 is 2. The summed E-state index contributed by atoms with van der Waals surface area (Å²) in [5.41, 5.74) is 1.42. The Morgan fingerprint density at radius 1 is 1.27 bits per heavy atom. The van der Waals surface area contributed by atoms with Crippen molar-refractivity contribution in [1.82, 2.24) is 4.98 Å². The van der Waals surface area contributed by atoms with Gasteiger partial charge in [0, 0.05) is 23.1 Å². The van der Waals surface area contributed by atoms with E-state index in [1.54, 1.807) is 49.1 Å². The van der Waals surface area contributed by atoms with Crippen LogP contribution in [0.1, 0.15) is 23.2 Å². The second-order valence-electron chi connectivity index (χ2n) is 6.96. The monoisotopic (exact) mass is 444 g/mol. The highest BCUT2D eigenvalue weighted by Gasteiger charge is 2.28. The number of anilines is 1. The Morgan fingerprint density at radius 2 is 2.03 bits per heavy atom. The highest BCUT2D eigenvalue weighted by atomic mass is 32.2. The molecule has 0 saturated carbocycles. The number of amides is 1. The molecule has 1 aromatic heterocycles. The Labute approximate surface area is 184 Å². The zero-order chi connectivity index (χ0) is 21.1. The molecule has 0 bridgehead atoms. The van der Waals surface area contributed by atoms with E-state index in [9.17, 15) is 4.79 Å². The molecule has 2 heterocycles. The van der Waals surface area contributed by atoms with Gasteiger partial charge in [-0.05, 0) is 43.4 Å². The molecule has 0 radical (unpaired) electrons. The van der Waals surface area contributed by atoms with Crippen molar-refractivity contribution in [1.29, 1.82) is 0 Å². The molecule has 1 aliphatic rings. The predicted molar refractivity (Wildman–Crippen MR) is 122 cm³/mol. The van der Waals surface area contributed by atoms with E-state index < -0.39 is 0 Å². The number of carbonyl (C=O) groups excluding carboxylic acids is 1. The molecule has 1 unspecified atom stereocenters. The van der Waals surface area contributed by atoms with Crippen molar-refractivity contribution in [2.45, 2.75) is 23.8 Å². The molecular formula is C22H24N2O4S2. The second kappa shape index (κ2) is 9.24. The predicted octanol–water partition coefficient (Wildman–Crippen LogP) is 4.86. The molecule has 0 aliphatic carbocycles. The van der Waals surface area contributed by atoms with Gasteiger partial charge in [-0.2, -0.15) is 0 Å². The van der Waals surface area contributed by atoms with E-state index in [1.807, 2.05) is 18.4 Å². The van der Waals surface area contributed by atoms with E-state index in [0.717, 1.165) is 34.6 Å². The van der Waals surface area contributed by atoms with Gasteiger partial charge in [-0.15, -0.1) is 11.8 Å². The molecule has 4 rings (SSSR count). The number of para-hydroxylation sites is 1. The van der Waals surface area contributed by atoms with Crippen LogP contribution in [0.3, 0.4) is 0 Å². The largest absolute Gasteiger partial charge is 0.497 e. The number of ether oxygens (including phenoxy) is 3. The highest BCUT2D eigenvalue weighted by molar-refractivity contribution is 7.98. The first-order valence-electron chi connectivity index (χ1n) is 9.73. The maximum absolute atomic E-state index is 13.6. The first-order chi connectivity index (χ1) is 14.6. The number of thioether (sulfide) groups is 1. The van der Waals surface area contributed by atoms with Crippen molar-refractivity contribution in [2.24, 2.45) is 0 Å². The Bertz CT molecular complexity index is 1020. The summed E-state index contributed by atoms with van der Waals surface area (Å²) in [5, 5.41) is 0.675. The number of hydrogen-bond donors (Lipinski definition) is 0. The molecule has 3 aromatic rings. The summed E-state index contributed by atoms with van der Waals surface area (Å²) in [7, 11) is 3.15. The summed E-state index contributed by atoms with van der Waals surface area (Å²) in [5.74, 6) is 1.000. The summed E-state index contributed by atoms with van der Waals surface area (Å²) in [6.45, 7) is 1.20. The van der Waals surface area contributed by atoms with Crippen LogP contribution in [0.15, 0.2) is 41.3 Å². The third-order valence-electron chi connectivity index (χ3n) is 5.08. The first-order valence-corrected chi connectivity index (χ1v) is 11.8. The van der Waals surface area contributed by atoms with Gasteiger partial charge in [0.2, 0.25) is 0 Å². The van der Waals surface area contributed by atoms with Gasteiger partial charge in [-0.25, -0.2) is 4.98 Å². The quantitative estimate of drug-likeness (QED) is 0.485. The van der Waals surface area contributed by atoms with Crippen LogP contribution >= 0.6 is 23.1 Å². The topological polar surface area (TPSA) is 60.9 Å². The van der Waals surface area contributed by atoms with Crippen LogP contribution in [-0.4, -0.2) is 50.6 Å². The molecule has 0 N–H and O–H groups in total. The zero-order valence-electron chi connectivity index (χ0n) is 17.2. The first kappa shape index (κ1) is 21.0. The van der Waals surface area contributed by atoms with Gasteiger partial charge in [-0.3, -0.25) is 9.69 Å². The molecule has 0 spiro atoms. The number of aromatic nitrogens is 1. The average molecular weight is 445 g/mol. The standard InChI is InChI=1S/C22H24N2O4S2/c1-26-16-10-14(11-17(12-16)27-2)21(25)24(13-15-6-5-9-28-15)22-23-20-18(29-3)7-4-8-19(20)30-22/h4,7-8,10-12,15H,5-6,9,13H2,1-3H3. The molecule has 1 amide bonds. The van der Waals surface area contributed by atoms with Crippen LogP contribution in [0.2, 0.25) is 0 Å². The Morgan fingerprint density at radius 3 is 2.67 bits per heavy atom. The van der Waals surface area contributed by atoms with Crippen LogP contribution in [0.4, 0.5) is 5.13 Å². The molecule has 1 atom stereocenters. The van der Waals surface area contributed by atoms with Crippen LogP contribution in [0.25, 0.3) is 10.2 Å². The van der Waals surface area contributed by atoms with Crippen molar-refractivity contribution in [3.05, 3.63) is 42.0 Å². The lowest BCUT2D eigenvalue weighted by molar-refractivity contribution is 0.0917. The Kier molecular flexibility index (Phi) is 6.46. The Hall–Kier alpha value is -2.29. The molecule has 1 aliphatic heterocycles. The molecule has 8 heteroatoms. The maximum atomic E-state index is 13.6. The van der Waals surface area contributed by atoms with Crippen molar-refractivity contribution in [3.63, 3.8) is 0 Å². The van der Waals surface area contributed by atoms with Crippen LogP contribution in [0.5, 0.6) is 11.5 Å². The fourth-order valence-electron chi connectivity index (χ4n) is 3.52. The van der Waals surface area contributed by atoms with Crippen LogP contribution in [-0.2, 0) is 4.74 Å². The lowest BCUT2D eigenvalue weighted by atomic mass is 10.1. The number of benzene rings is 2. The molecule has 30 heavy (non-hydrogen) atoms. The fourth-order valence-corrected chi connectivity index (χ4v) is 5.15. The van der Waals surface area contributed by atoms with Gasteiger partial charge in [0.15, 0.2) is 5.13 Å². The minimum absolute atomic E-state index is 0.00786. The van der Waals surface area contributed by atoms with Crippen molar-refractivity contribution in [3.8, 4) is 11.5 Å². The lowest BCUT2D eigenvalue weighted by Gasteiger charge is -2.23. The van der Waals surface area contributed by atoms with Crippen molar-refractivity contribution in [2.75, 3.05) is 38.5 Å². The van der Waals surface area contributed by atoms with Gasteiger partial charge in [0.05, 0.1) is 37.1 Å². The van der Waals surface area contributed by atoms with Crippen LogP contribution in [0, 0.1) is 0 Å². The zero-order valence-corrected chi connectivity index (χ0v) is 18.8. The smallest absolute Gasteiger partial charge is 0.260 e. The number of carbonyl (C=O) groups is 1. The molecule has 158 valence electrons. The van der Waals surface area contributed by atoms with E-state index >= 15 is 0 Å². The lowest BCUT2D eigenvalue weighted by Crippen LogP contribution is -2.37. The molecule has 1 fully saturated rings.